The molecule has 6 nitrogen and oxygen atoms in total. The van der Waals surface area contributed by atoms with E-state index in [0.717, 1.165) is 44.8 Å². The van der Waals surface area contributed by atoms with Gasteiger partial charge < -0.3 is 14.5 Å². The third-order valence-electron chi connectivity index (χ3n) is 4.88. The van der Waals surface area contributed by atoms with E-state index in [0.29, 0.717) is 22.4 Å². The summed E-state index contributed by atoms with van der Waals surface area (Å²) in [6.45, 7) is 8.50. The van der Waals surface area contributed by atoms with Gasteiger partial charge in [-0.05, 0) is 44.5 Å². The molecule has 0 aliphatic carbocycles. The maximum absolute atomic E-state index is 12.5. The molecule has 2 atom stereocenters. The molecule has 0 saturated carbocycles. The van der Waals surface area contributed by atoms with Gasteiger partial charge in [0.15, 0.2) is 5.76 Å². The van der Waals surface area contributed by atoms with Gasteiger partial charge >= 0.3 is 0 Å². The second kappa shape index (κ2) is 11.0. The van der Waals surface area contributed by atoms with Crippen LogP contribution in [0.15, 0.2) is 34.9 Å². The molecule has 158 valence electrons. The number of halogens is 1. The lowest BCUT2D eigenvalue weighted by molar-refractivity contribution is -0.120. The summed E-state index contributed by atoms with van der Waals surface area (Å²) in [6.07, 6.45) is 2.64. The predicted octanol–water partition coefficient (Wildman–Crippen LogP) is 3.84. The van der Waals surface area contributed by atoms with Crippen molar-refractivity contribution >= 4 is 29.3 Å². The van der Waals surface area contributed by atoms with E-state index in [1.807, 2.05) is 31.2 Å². The number of morpholine rings is 1. The SMILES string of the molecule is CC(CCN1CCOCC1)NC(=O)C(C)SCc1ncc(-c2ccc(Cl)cc2)o1. The summed E-state index contributed by atoms with van der Waals surface area (Å²) in [5.41, 5.74) is 0.929. The molecule has 1 aromatic carbocycles. The molecule has 8 heteroatoms. The zero-order chi connectivity index (χ0) is 20.6. The minimum absolute atomic E-state index is 0.0500. The highest BCUT2D eigenvalue weighted by Gasteiger charge is 2.18. The number of rotatable bonds is 9. The Bertz CT molecular complexity index is 778. The summed E-state index contributed by atoms with van der Waals surface area (Å²) in [7, 11) is 0. The molecule has 2 unspecified atom stereocenters. The topological polar surface area (TPSA) is 67.6 Å². The van der Waals surface area contributed by atoms with E-state index in [2.05, 4.69) is 22.1 Å². The number of benzene rings is 1. The Hall–Kier alpha value is -1.54. The van der Waals surface area contributed by atoms with Crippen molar-refractivity contribution in [3.8, 4) is 11.3 Å². The van der Waals surface area contributed by atoms with E-state index in [4.69, 9.17) is 20.8 Å². The Labute approximate surface area is 181 Å². The van der Waals surface area contributed by atoms with E-state index in [1.165, 1.54) is 11.8 Å². The summed E-state index contributed by atoms with van der Waals surface area (Å²) >= 11 is 7.44. The number of thioether (sulfide) groups is 1. The van der Waals surface area contributed by atoms with Gasteiger partial charge in [-0.15, -0.1) is 11.8 Å². The highest BCUT2D eigenvalue weighted by atomic mass is 35.5. The minimum atomic E-state index is -0.174. The lowest BCUT2D eigenvalue weighted by Gasteiger charge is -2.28. The predicted molar refractivity (Wildman–Crippen MR) is 117 cm³/mol. The molecule has 29 heavy (non-hydrogen) atoms. The molecule has 1 fully saturated rings. The Balaban J connectivity index is 1.39. The average molecular weight is 438 g/mol. The Morgan fingerprint density at radius 2 is 2.00 bits per heavy atom. The van der Waals surface area contributed by atoms with Crippen LogP contribution in [0.2, 0.25) is 5.02 Å². The number of aromatic nitrogens is 1. The van der Waals surface area contributed by atoms with E-state index in [1.54, 1.807) is 6.20 Å². The van der Waals surface area contributed by atoms with Gasteiger partial charge in [-0.25, -0.2) is 4.98 Å². The molecule has 0 spiro atoms. The van der Waals surface area contributed by atoms with Crippen molar-refractivity contribution in [3.05, 3.63) is 41.4 Å². The second-order valence-corrected chi connectivity index (χ2v) is 9.00. The first kappa shape index (κ1) is 22.2. The van der Waals surface area contributed by atoms with E-state index >= 15 is 0 Å². The Morgan fingerprint density at radius 1 is 1.28 bits per heavy atom. The minimum Gasteiger partial charge on any atom is -0.440 e. The van der Waals surface area contributed by atoms with Gasteiger partial charge in [0.1, 0.15) is 0 Å². The molecule has 1 aromatic heterocycles. The Kier molecular flexibility index (Phi) is 8.41. The average Bonchev–Trinajstić information content (AvgIpc) is 3.21. The number of ether oxygens (including phenoxy) is 1. The normalized spacial score (nSPS) is 17.1. The van der Waals surface area contributed by atoms with Crippen molar-refractivity contribution in [1.29, 1.82) is 0 Å². The van der Waals surface area contributed by atoms with E-state index < -0.39 is 0 Å². The molecule has 2 aromatic rings. The van der Waals surface area contributed by atoms with Crippen molar-refractivity contribution in [2.75, 3.05) is 32.8 Å². The molecule has 1 saturated heterocycles. The molecule has 0 radical (unpaired) electrons. The maximum atomic E-state index is 12.5. The zero-order valence-corrected chi connectivity index (χ0v) is 18.5. The lowest BCUT2D eigenvalue weighted by atomic mass is 10.2. The molecular formula is C21H28ClN3O3S. The summed E-state index contributed by atoms with van der Waals surface area (Å²) in [4.78, 5) is 19.2. The summed E-state index contributed by atoms with van der Waals surface area (Å²) in [5.74, 6) is 1.91. The number of carbonyl (C=O) groups is 1. The summed E-state index contributed by atoms with van der Waals surface area (Å²) in [6, 6.07) is 7.58. The third-order valence-corrected chi connectivity index (χ3v) is 6.26. The molecular weight excluding hydrogens is 410 g/mol. The van der Waals surface area contributed by atoms with Crippen LogP contribution in [0.4, 0.5) is 0 Å². The van der Waals surface area contributed by atoms with Crippen LogP contribution in [-0.2, 0) is 15.3 Å². The molecule has 1 aliphatic rings. The van der Waals surface area contributed by atoms with E-state index in [9.17, 15) is 4.79 Å². The number of nitrogens with zero attached hydrogens (tertiary/aromatic N) is 2. The molecule has 1 N–H and O–H groups in total. The number of amides is 1. The smallest absolute Gasteiger partial charge is 0.233 e. The maximum Gasteiger partial charge on any atom is 0.233 e. The van der Waals surface area contributed by atoms with Gasteiger partial charge in [-0.3, -0.25) is 9.69 Å². The van der Waals surface area contributed by atoms with Gasteiger partial charge in [0, 0.05) is 36.3 Å². The van der Waals surface area contributed by atoms with Crippen LogP contribution >= 0.6 is 23.4 Å². The van der Waals surface area contributed by atoms with Crippen LogP contribution in [0.25, 0.3) is 11.3 Å². The van der Waals surface area contributed by atoms with Crippen LogP contribution in [-0.4, -0.2) is 59.9 Å². The molecule has 0 bridgehead atoms. The fourth-order valence-corrected chi connectivity index (χ4v) is 3.90. The molecule has 1 aliphatic heterocycles. The van der Waals surface area contributed by atoms with Crippen molar-refractivity contribution in [3.63, 3.8) is 0 Å². The van der Waals surface area contributed by atoms with Crippen LogP contribution < -0.4 is 5.32 Å². The largest absolute Gasteiger partial charge is 0.440 e. The number of hydrogen-bond acceptors (Lipinski definition) is 6. The van der Waals surface area contributed by atoms with Gasteiger partial charge in [-0.1, -0.05) is 11.6 Å². The van der Waals surface area contributed by atoms with Gasteiger partial charge in [0.25, 0.3) is 0 Å². The molecule has 1 amide bonds. The number of hydrogen-bond donors (Lipinski definition) is 1. The first-order chi connectivity index (χ1) is 14.0. The Morgan fingerprint density at radius 3 is 2.72 bits per heavy atom. The molecule has 2 heterocycles. The quantitative estimate of drug-likeness (QED) is 0.642. The fourth-order valence-electron chi connectivity index (χ4n) is 3.03. The fraction of sp³-hybridized carbons (Fsp3) is 0.524. The number of oxazole rings is 1. The zero-order valence-electron chi connectivity index (χ0n) is 16.9. The first-order valence-electron chi connectivity index (χ1n) is 9.94. The van der Waals surface area contributed by atoms with Crippen LogP contribution in [0, 0.1) is 0 Å². The third kappa shape index (κ3) is 7.03. The van der Waals surface area contributed by atoms with Crippen molar-refractivity contribution in [2.24, 2.45) is 0 Å². The van der Waals surface area contributed by atoms with Crippen LogP contribution in [0.3, 0.4) is 0 Å². The van der Waals surface area contributed by atoms with Gasteiger partial charge in [-0.2, -0.15) is 0 Å². The summed E-state index contributed by atoms with van der Waals surface area (Å²) in [5, 5.41) is 3.62. The van der Waals surface area contributed by atoms with E-state index in [-0.39, 0.29) is 17.2 Å². The van der Waals surface area contributed by atoms with Crippen LogP contribution in [0.1, 0.15) is 26.2 Å². The van der Waals surface area contributed by atoms with Gasteiger partial charge in [0.2, 0.25) is 11.8 Å². The van der Waals surface area contributed by atoms with Crippen molar-refractivity contribution in [1.82, 2.24) is 15.2 Å². The summed E-state index contributed by atoms with van der Waals surface area (Å²) < 4.78 is 11.2. The lowest BCUT2D eigenvalue weighted by Crippen LogP contribution is -2.42. The number of nitrogens with one attached hydrogen (secondary N) is 1. The van der Waals surface area contributed by atoms with Crippen molar-refractivity contribution in [2.45, 2.75) is 37.3 Å². The number of carbonyl (C=O) groups excluding carboxylic acids is 1. The molecule has 3 rings (SSSR count). The van der Waals surface area contributed by atoms with Crippen LogP contribution in [0.5, 0.6) is 0 Å². The first-order valence-corrected chi connectivity index (χ1v) is 11.4. The standard InChI is InChI=1S/C21H28ClN3O3S/c1-15(7-8-25-9-11-27-12-10-25)24-21(26)16(2)29-14-20-23-13-19(28-20)17-3-5-18(22)6-4-17/h3-6,13,15-16H,7-12,14H2,1-2H3,(H,24,26). The van der Waals surface area contributed by atoms with Gasteiger partial charge in [0.05, 0.1) is 30.4 Å². The highest BCUT2D eigenvalue weighted by molar-refractivity contribution is 7.99. The van der Waals surface area contributed by atoms with Crippen molar-refractivity contribution < 1.29 is 13.9 Å². The highest BCUT2D eigenvalue weighted by Crippen LogP contribution is 2.25. The monoisotopic (exact) mass is 437 g/mol. The second-order valence-electron chi connectivity index (χ2n) is 7.23.